The van der Waals surface area contributed by atoms with E-state index in [1.165, 1.54) is 0 Å². The second-order valence-electron chi connectivity index (χ2n) is 5.61. The molecular formula is C15H19BrN2O3. The molecule has 1 fully saturated rings. The van der Waals surface area contributed by atoms with Crippen LogP contribution in [-0.2, 0) is 4.79 Å². The zero-order chi connectivity index (χ0) is 15.6. The van der Waals surface area contributed by atoms with Crippen LogP contribution in [0.25, 0.3) is 0 Å². The van der Waals surface area contributed by atoms with Gasteiger partial charge in [0.05, 0.1) is 5.69 Å². The summed E-state index contributed by atoms with van der Waals surface area (Å²) in [6, 6.07) is 3.39. The number of benzene rings is 1. The molecule has 0 aliphatic heterocycles. The fraction of sp³-hybridized carbons (Fsp3) is 0.467. The zero-order valence-electron chi connectivity index (χ0n) is 12.1. The Morgan fingerprint density at radius 2 is 1.86 bits per heavy atom. The Morgan fingerprint density at radius 1 is 1.24 bits per heavy atom. The highest BCUT2D eigenvalue weighted by Crippen LogP contribution is 2.31. The van der Waals surface area contributed by atoms with Gasteiger partial charge in [-0.05, 0) is 59.8 Å². The molecule has 0 aromatic heterocycles. The molecule has 1 aromatic carbocycles. The van der Waals surface area contributed by atoms with Crippen LogP contribution < -0.4 is 10.6 Å². The quantitative estimate of drug-likeness (QED) is 0.775. The maximum atomic E-state index is 12.2. The summed E-state index contributed by atoms with van der Waals surface area (Å²) in [7, 11) is 0. The van der Waals surface area contributed by atoms with Gasteiger partial charge in [0.1, 0.15) is 5.54 Å². The molecule has 0 radical (unpaired) electrons. The zero-order valence-corrected chi connectivity index (χ0v) is 13.7. The van der Waals surface area contributed by atoms with Crippen LogP contribution in [0, 0.1) is 13.8 Å². The van der Waals surface area contributed by atoms with Crippen molar-refractivity contribution in [3.05, 3.63) is 27.7 Å². The van der Waals surface area contributed by atoms with E-state index in [0.717, 1.165) is 28.4 Å². The van der Waals surface area contributed by atoms with Gasteiger partial charge in [-0.3, -0.25) is 0 Å². The van der Waals surface area contributed by atoms with Crippen molar-refractivity contribution in [3.8, 4) is 0 Å². The van der Waals surface area contributed by atoms with E-state index in [2.05, 4.69) is 26.6 Å². The van der Waals surface area contributed by atoms with Gasteiger partial charge < -0.3 is 15.7 Å². The lowest BCUT2D eigenvalue weighted by Gasteiger charge is -2.25. The summed E-state index contributed by atoms with van der Waals surface area (Å²) in [6.07, 6.45) is 2.59. The Morgan fingerprint density at radius 3 is 2.38 bits per heavy atom. The van der Waals surface area contributed by atoms with E-state index in [1.54, 1.807) is 0 Å². The third-order valence-electron chi connectivity index (χ3n) is 3.89. The molecule has 0 heterocycles. The molecule has 0 saturated heterocycles. The first-order valence-corrected chi connectivity index (χ1v) is 7.73. The summed E-state index contributed by atoms with van der Waals surface area (Å²) < 4.78 is 0.783. The van der Waals surface area contributed by atoms with Crippen LogP contribution >= 0.6 is 15.9 Å². The van der Waals surface area contributed by atoms with E-state index in [1.807, 2.05) is 26.0 Å². The number of aliphatic carboxylic acids is 1. The number of nitrogens with one attached hydrogen (secondary N) is 2. The van der Waals surface area contributed by atoms with Gasteiger partial charge in [0.2, 0.25) is 0 Å². The number of carbonyl (C=O) groups excluding carboxylic acids is 1. The molecule has 0 atom stereocenters. The Labute approximate surface area is 132 Å². The number of aryl methyl sites for hydroxylation is 2. The average molecular weight is 355 g/mol. The maximum absolute atomic E-state index is 12.2. The van der Waals surface area contributed by atoms with Crippen molar-refractivity contribution in [1.29, 1.82) is 0 Å². The molecule has 21 heavy (non-hydrogen) atoms. The van der Waals surface area contributed by atoms with E-state index in [0.29, 0.717) is 18.5 Å². The number of carboxylic acids is 1. The minimum atomic E-state index is -1.13. The highest BCUT2D eigenvalue weighted by molar-refractivity contribution is 9.10. The first-order chi connectivity index (χ1) is 9.84. The van der Waals surface area contributed by atoms with E-state index in [-0.39, 0.29) is 0 Å². The molecule has 1 saturated carbocycles. The highest BCUT2D eigenvalue weighted by atomic mass is 79.9. The standard InChI is InChI=1S/C15H19BrN2O3/c1-9-7-10(2)12(11(16)8-9)17-14(21)18-15(13(19)20)5-3-4-6-15/h7-8H,3-6H2,1-2H3,(H,19,20)(H2,17,18,21). The fourth-order valence-electron chi connectivity index (χ4n) is 2.81. The van der Waals surface area contributed by atoms with Crippen molar-refractivity contribution in [1.82, 2.24) is 5.32 Å². The van der Waals surface area contributed by atoms with E-state index in [9.17, 15) is 14.7 Å². The van der Waals surface area contributed by atoms with Gasteiger partial charge in [-0.1, -0.05) is 18.9 Å². The molecule has 1 aliphatic carbocycles. The van der Waals surface area contributed by atoms with E-state index >= 15 is 0 Å². The number of hydrogen-bond donors (Lipinski definition) is 3. The summed E-state index contributed by atoms with van der Waals surface area (Å²) in [4.78, 5) is 23.6. The SMILES string of the molecule is Cc1cc(C)c(NC(=O)NC2(C(=O)O)CCCC2)c(Br)c1. The lowest BCUT2D eigenvalue weighted by atomic mass is 9.98. The summed E-state index contributed by atoms with van der Waals surface area (Å²) in [5, 5.41) is 14.8. The molecule has 0 spiro atoms. The van der Waals surface area contributed by atoms with Crippen molar-refractivity contribution in [2.45, 2.75) is 45.1 Å². The lowest BCUT2D eigenvalue weighted by molar-refractivity contribution is -0.144. The molecule has 114 valence electrons. The van der Waals surface area contributed by atoms with Crippen molar-refractivity contribution < 1.29 is 14.7 Å². The maximum Gasteiger partial charge on any atom is 0.329 e. The Kier molecular flexibility index (Phi) is 4.56. The number of amides is 2. The first-order valence-electron chi connectivity index (χ1n) is 6.93. The normalized spacial score (nSPS) is 16.5. The molecule has 6 heteroatoms. The van der Waals surface area contributed by atoms with Crippen LogP contribution in [-0.4, -0.2) is 22.6 Å². The summed E-state index contributed by atoms with van der Waals surface area (Å²) in [6.45, 7) is 3.87. The Hall–Kier alpha value is -1.56. The predicted molar refractivity (Wildman–Crippen MR) is 84.6 cm³/mol. The third-order valence-corrected chi connectivity index (χ3v) is 4.51. The van der Waals surface area contributed by atoms with E-state index < -0.39 is 17.5 Å². The molecule has 1 aromatic rings. The van der Waals surface area contributed by atoms with Crippen molar-refractivity contribution in [3.63, 3.8) is 0 Å². The summed E-state index contributed by atoms with van der Waals surface area (Å²) in [5.74, 6) is -0.963. The monoisotopic (exact) mass is 354 g/mol. The Balaban J connectivity index is 2.14. The molecule has 0 unspecified atom stereocenters. The van der Waals surface area contributed by atoms with Gasteiger partial charge in [-0.25, -0.2) is 9.59 Å². The van der Waals surface area contributed by atoms with Crippen molar-refractivity contribution in [2.24, 2.45) is 0 Å². The molecule has 3 N–H and O–H groups in total. The second kappa shape index (κ2) is 6.05. The van der Waals surface area contributed by atoms with Crippen LogP contribution in [0.15, 0.2) is 16.6 Å². The minimum Gasteiger partial charge on any atom is -0.480 e. The topological polar surface area (TPSA) is 78.4 Å². The van der Waals surface area contributed by atoms with Gasteiger partial charge in [0.25, 0.3) is 0 Å². The number of halogens is 1. The summed E-state index contributed by atoms with van der Waals surface area (Å²) >= 11 is 3.42. The lowest BCUT2D eigenvalue weighted by Crippen LogP contribution is -2.53. The largest absolute Gasteiger partial charge is 0.480 e. The fourth-order valence-corrected chi connectivity index (χ4v) is 3.58. The van der Waals surface area contributed by atoms with Crippen LogP contribution in [0.1, 0.15) is 36.8 Å². The van der Waals surface area contributed by atoms with Gasteiger partial charge in [-0.15, -0.1) is 0 Å². The number of carbonyl (C=O) groups is 2. The Bertz CT molecular complexity index is 557. The van der Waals surface area contributed by atoms with Crippen LogP contribution in [0.2, 0.25) is 0 Å². The van der Waals surface area contributed by atoms with Gasteiger partial charge in [0, 0.05) is 4.47 Å². The van der Waals surface area contributed by atoms with Crippen LogP contribution in [0.5, 0.6) is 0 Å². The third kappa shape index (κ3) is 3.37. The van der Waals surface area contributed by atoms with Crippen LogP contribution in [0.4, 0.5) is 10.5 Å². The minimum absolute atomic E-state index is 0.476. The molecule has 5 nitrogen and oxygen atoms in total. The van der Waals surface area contributed by atoms with Gasteiger partial charge in [0.15, 0.2) is 0 Å². The number of carboxylic acid groups (broad SMARTS) is 1. The van der Waals surface area contributed by atoms with Gasteiger partial charge >= 0.3 is 12.0 Å². The first kappa shape index (κ1) is 15.8. The molecule has 2 rings (SSSR count). The number of anilines is 1. The molecule has 0 bridgehead atoms. The summed E-state index contributed by atoms with van der Waals surface area (Å²) in [5.41, 5.74) is 1.54. The smallest absolute Gasteiger partial charge is 0.329 e. The average Bonchev–Trinajstić information content (AvgIpc) is 2.83. The molecular weight excluding hydrogens is 336 g/mol. The number of hydrogen-bond acceptors (Lipinski definition) is 2. The van der Waals surface area contributed by atoms with Crippen LogP contribution in [0.3, 0.4) is 0 Å². The second-order valence-corrected chi connectivity index (χ2v) is 6.47. The van der Waals surface area contributed by atoms with Gasteiger partial charge in [-0.2, -0.15) is 0 Å². The highest BCUT2D eigenvalue weighted by Gasteiger charge is 2.42. The van der Waals surface area contributed by atoms with Crippen molar-refractivity contribution >= 4 is 33.6 Å². The van der Waals surface area contributed by atoms with Crippen molar-refractivity contribution in [2.75, 3.05) is 5.32 Å². The number of urea groups is 1. The van der Waals surface area contributed by atoms with E-state index in [4.69, 9.17) is 0 Å². The number of rotatable bonds is 3. The molecule has 2 amide bonds. The predicted octanol–water partition coefficient (Wildman–Crippen LogP) is 3.58. The molecule has 1 aliphatic rings.